The van der Waals surface area contributed by atoms with E-state index in [4.69, 9.17) is 5.73 Å². The summed E-state index contributed by atoms with van der Waals surface area (Å²) in [5, 5.41) is 13.0. The topological polar surface area (TPSA) is 78.9 Å². The second kappa shape index (κ2) is 6.59. The van der Waals surface area contributed by atoms with Crippen LogP contribution >= 0.6 is 11.3 Å². The Hall–Kier alpha value is -1.38. The molecule has 21 heavy (non-hydrogen) atoms. The van der Waals surface area contributed by atoms with E-state index in [2.05, 4.69) is 18.3 Å². The second-order valence-corrected chi connectivity index (χ2v) is 7.17. The molecule has 114 valence electrons. The van der Waals surface area contributed by atoms with Gasteiger partial charge in [-0.15, -0.1) is 11.3 Å². The SMILES string of the molecule is CCC(C)C(N)C(=O)Nc1sc2c(c1C#N)CCC(C)C2. The van der Waals surface area contributed by atoms with Gasteiger partial charge in [-0.05, 0) is 36.7 Å². The largest absolute Gasteiger partial charge is 0.320 e. The predicted molar refractivity (Wildman–Crippen MR) is 86.3 cm³/mol. The quantitative estimate of drug-likeness (QED) is 0.897. The maximum Gasteiger partial charge on any atom is 0.242 e. The Balaban J connectivity index is 2.21. The number of carbonyl (C=O) groups is 1. The van der Waals surface area contributed by atoms with E-state index >= 15 is 0 Å². The first-order chi connectivity index (χ1) is 9.97. The molecule has 1 aliphatic rings. The fraction of sp³-hybridized carbons (Fsp3) is 0.625. The minimum Gasteiger partial charge on any atom is -0.320 e. The van der Waals surface area contributed by atoms with Crippen LogP contribution in [0.25, 0.3) is 0 Å². The Morgan fingerprint density at radius 3 is 2.95 bits per heavy atom. The fourth-order valence-corrected chi connectivity index (χ4v) is 4.03. The Morgan fingerprint density at radius 2 is 2.33 bits per heavy atom. The van der Waals surface area contributed by atoms with Crippen molar-refractivity contribution in [3.63, 3.8) is 0 Å². The molecule has 3 unspecified atom stereocenters. The van der Waals surface area contributed by atoms with Crippen LogP contribution in [0.2, 0.25) is 0 Å². The lowest BCUT2D eigenvalue weighted by Gasteiger charge is -2.17. The Bertz CT molecular complexity index is 573. The number of thiophene rings is 1. The molecule has 0 saturated carbocycles. The molecule has 0 radical (unpaired) electrons. The van der Waals surface area contributed by atoms with Gasteiger partial charge < -0.3 is 11.1 Å². The standard InChI is InChI=1S/C16H23N3OS/c1-4-10(3)14(18)15(20)19-16-12(8-17)11-6-5-9(2)7-13(11)21-16/h9-10,14H,4-7,18H2,1-3H3,(H,19,20). The van der Waals surface area contributed by atoms with Crippen LogP contribution in [0.1, 0.15) is 49.6 Å². The van der Waals surface area contributed by atoms with Gasteiger partial charge in [-0.1, -0.05) is 27.2 Å². The van der Waals surface area contributed by atoms with Crippen molar-refractivity contribution >= 4 is 22.2 Å². The molecule has 3 atom stereocenters. The lowest BCUT2D eigenvalue weighted by atomic mass is 9.88. The zero-order valence-corrected chi connectivity index (χ0v) is 13.7. The molecule has 0 saturated heterocycles. The number of anilines is 1. The van der Waals surface area contributed by atoms with E-state index < -0.39 is 6.04 Å². The number of rotatable bonds is 4. The van der Waals surface area contributed by atoms with Crippen LogP contribution in [-0.4, -0.2) is 11.9 Å². The normalized spacial score (nSPS) is 20.2. The molecule has 1 amide bonds. The van der Waals surface area contributed by atoms with Gasteiger partial charge in [-0.25, -0.2) is 0 Å². The number of hydrogen-bond acceptors (Lipinski definition) is 4. The number of nitrogens with two attached hydrogens (primary N) is 1. The van der Waals surface area contributed by atoms with Gasteiger partial charge in [0.05, 0.1) is 11.6 Å². The van der Waals surface area contributed by atoms with Crippen LogP contribution in [0, 0.1) is 23.2 Å². The molecule has 1 heterocycles. The highest BCUT2D eigenvalue weighted by atomic mass is 32.1. The third kappa shape index (κ3) is 3.28. The molecule has 0 fully saturated rings. The third-order valence-corrected chi connectivity index (χ3v) is 5.59. The molecule has 0 aliphatic heterocycles. The molecular formula is C16H23N3OS. The molecule has 0 spiro atoms. The molecule has 1 aliphatic carbocycles. The molecule has 0 bridgehead atoms. The highest BCUT2D eigenvalue weighted by Crippen LogP contribution is 2.39. The average Bonchev–Trinajstić information content (AvgIpc) is 2.81. The molecule has 0 aromatic carbocycles. The summed E-state index contributed by atoms with van der Waals surface area (Å²) in [5.74, 6) is 0.589. The minimum absolute atomic E-state index is 0.130. The van der Waals surface area contributed by atoms with Gasteiger partial charge in [0.25, 0.3) is 0 Å². The predicted octanol–water partition coefficient (Wildman–Crippen LogP) is 3.06. The van der Waals surface area contributed by atoms with Crippen molar-refractivity contribution in [1.29, 1.82) is 5.26 Å². The van der Waals surface area contributed by atoms with E-state index in [9.17, 15) is 10.1 Å². The monoisotopic (exact) mass is 305 g/mol. The second-order valence-electron chi connectivity index (χ2n) is 6.07. The van der Waals surface area contributed by atoms with Crippen molar-refractivity contribution in [2.24, 2.45) is 17.6 Å². The summed E-state index contributed by atoms with van der Waals surface area (Å²) in [7, 11) is 0. The summed E-state index contributed by atoms with van der Waals surface area (Å²) in [5.41, 5.74) is 7.74. The third-order valence-electron chi connectivity index (χ3n) is 4.42. The van der Waals surface area contributed by atoms with Crippen LogP contribution in [0.15, 0.2) is 0 Å². The average molecular weight is 305 g/mol. The summed E-state index contributed by atoms with van der Waals surface area (Å²) in [4.78, 5) is 13.5. The summed E-state index contributed by atoms with van der Waals surface area (Å²) >= 11 is 1.55. The van der Waals surface area contributed by atoms with Crippen LogP contribution in [-0.2, 0) is 17.6 Å². The summed E-state index contributed by atoms with van der Waals surface area (Å²) < 4.78 is 0. The molecule has 1 aromatic rings. The van der Waals surface area contributed by atoms with E-state index in [0.717, 1.165) is 31.2 Å². The molecule has 2 rings (SSSR count). The highest BCUT2D eigenvalue weighted by Gasteiger charge is 2.26. The van der Waals surface area contributed by atoms with Crippen LogP contribution < -0.4 is 11.1 Å². The van der Waals surface area contributed by atoms with Crippen LogP contribution in [0.4, 0.5) is 5.00 Å². The van der Waals surface area contributed by atoms with E-state index in [1.165, 1.54) is 4.88 Å². The van der Waals surface area contributed by atoms with E-state index in [0.29, 0.717) is 16.5 Å². The molecule has 1 aromatic heterocycles. The summed E-state index contributed by atoms with van der Waals surface area (Å²) in [6, 6.07) is 1.73. The first-order valence-electron chi connectivity index (χ1n) is 7.58. The van der Waals surface area contributed by atoms with Crippen LogP contribution in [0.5, 0.6) is 0 Å². The maximum atomic E-state index is 12.2. The number of hydrogen-bond donors (Lipinski definition) is 2. The van der Waals surface area contributed by atoms with Crippen molar-refractivity contribution in [2.75, 3.05) is 5.32 Å². The van der Waals surface area contributed by atoms with E-state index in [1.54, 1.807) is 11.3 Å². The van der Waals surface area contributed by atoms with E-state index in [-0.39, 0.29) is 11.8 Å². The van der Waals surface area contributed by atoms with Gasteiger partial charge in [0.2, 0.25) is 5.91 Å². The van der Waals surface area contributed by atoms with Crippen molar-refractivity contribution < 1.29 is 4.79 Å². The number of nitriles is 1. The number of carbonyl (C=O) groups excluding carboxylic acids is 1. The number of fused-ring (bicyclic) bond motifs is 1. The maximum absolute atomic E-state index is 12.2. The molecule has 4 nitrogen and oxygen atoms in total. The van der Waals surface area contributed by atoms with Gasteiger partial charge in [0, 0.05) is 4.88 Å². The molecule has 3 N–H and O–H groups in total. The fourth-order valence-electron chi connectivity index (χ4n) is 2.66. The van der Waals surface area contributed by atoms with Crippen molar-refractivity contribution in [3.05, 3.63) is 16.0 Å². The smallest absolute Gasteiger partial charge is 0.242 e. The van der Waals surface area contributed by atoms with Gasteiger partial charge in [0.1, 0.15) is 11.1 Å². The molecular weight excluding hydrogens is 282 g/mol. The molecule has 5 heteroatoms. The first kappa shape index (κ1) is 16.0. The zero-order chi connectivity index (χ0) is 15.6. The van der Waals surface area contributed by atoms with Crippen molar-refractivity contribution in [1.82, 2.24) is 0 Å². The van der Waals surface area contributed by atoms with Gasteiger partial charge >= 0.3 is 0 Å². The van der Waals surface area contributed by atoms with Gasteiger partial charge in [0.15, 0.2) is 0 Å². The van der Waals surface area contributed by atoms with Crippen LogP contribution in [0.3, 0.4) is 0 Å². The number of amides is 1. The minimum atomic E-state index is -0.528. The number of nitrogens with one attached hydrogen (secondary N) is 1. The van der Waals surface area contributed by atoms with Gasteiger partial charge in [-0.3, -0.25) is 4.79 Å². The Labute approximate surface area is 130 Å². The number of nitrogens with zero attached hydrogens (tertiary/aromatic N) is 1. The van der Waals surface area contributed by atoms with E-state index in [1.807, 2.05) is 13.8 Å². The van der Waals surface area contributed by atoms with Crippen molar-refractivity contribution in [3.8, 4) is 6.07 Å². The highest BCUT2D eigenvalue weighted by molar-refractivity contribution is 7.16. The Morgan fingerprint density at radius 1 is 1.62 bits per heavy atom. The lowest BCUT2D eigenvalue weighted by molar-refractivity contribution is -0.118. The zero-order valence-electron chi connectivity index (χ0n) is 12.9. The summed E-state index contributed by atoms with van der Waals surface area (Å²) in [6.45, 7) is 6.21. The lowest BCUT2D eigenvalue weighted by Crippen LogP contribution is -2.40. The van der Waals surface area contributed by atoms with Gasteiger partial charge in [-0.2, -0.15) is 5.26 Å². The Kier molecular flexibility index (Phi) is 5.02. The summed E-state index contributed by atoms with van der Waals surface area (Å²) in [6.07, 6.45) is 3.90. The first-order valence-corrected chi connectivity index (χ1v) is 8.40. The van der Waals surface area contributed by atoms with Crippen molar-refractivity contribution in [2.45, 2.75) is 52.5 Å².